The van der Waals surface area contributed by atoms with Gasteiger partial charge in [0.25, 0.3) is 0 Å². The zero-order valence-electron chi connectivity index (χ0n) is 11.5. The first-order valence-electron chi connectivity index (χ1n) is 6.89. The molecule has 0 bridgehead atoms. The molecule has 2 amide bonds. The molecule has 19 heavy (non-hydrogen) atoms. The second-order valence-electron chi connectivity index (χ2n) is 5.01. The highest BCUT2D eigenvalue weighted by molar-refractivity contribution is 5.82. The van der Waals surface area contributed by atoms with Gasteiger partial charge in [0, 0.05) is 26.7 Å². The van der Waals surface area contributed by atoms with Crippen molar-refractivity contribution in [2.45, 2.75) is 44.6 Å². The van der Waals surface area contributed by atoms with Gasteiger partial charge < -0.3 is 20.5 Å². The normalized spacial score (nSPS) is 17.1. The SMILES string of the molecule is COCCC(NC(=O)NCCC1CCCC1)C(=O)O. The zero-order valence-corrected chi connectivity index (χ0v) is 11.5. The zero-order chi connectivity index (χ0) is 14.1. The van der Waals surface area contributed by atoms with Gasteiger partial charge in [-0.3, -0.25) is 0 Å². The van der Waals surface area contributed by atoms with E-state index in [0.29, 0.717) is 19.1 Å². The second-order valence-corrected chi connectivity index (χ2v) is 5.01. The summed E-state index contributed by atoms with van der Waals surface area (Å²) in [6.45, 7) is 0.909. The number of carboxylic acids is 1. The number of nitrogens with one attached hydrogen (secondary N) is 2. The van der Waals surface area contributed by atoms with Crippen molar-refractivity contribution in [2.24, 2.45) is 5.92 Å². The van der Waals surface area contributed by atoms with Crippen LogP contribution in [0.3, 0.4) is 0 Å². The lowest BCUT2D eigenvalue weighted by Gasteiger charge is -2.15. The summed E-state index contributed by atoms with van der Waals surface area (Å²) in [7, 11) is 1.50. The molecule has 0 aliphatic heterocycles. The molecule has 1 saturated carbocycles. The standard InChI is InChI=1S/C13H24N2O4/c1-19-9-7-11(12(16)17)15-13(18)14-8-6-10-4-2-3-5-10/h10-11H,2-9H2,1H3,(H,16,17)(H2,14,15,18). The molecule has 3 N–H and O–H groups in total. The summed E-state index contributed by atoms with van der Waals surface area (Å²) in [5, 5.41) is 14.1. The van der Waals surface area contributed by atoms with Crippen LogP contribution < -0.4 is 10.6 Å². The lowest BCUT2D eigenvalue weighted by molar-refractivity contribution is -0.139. The third kappa shape index (κ3) is 6.42. The Hall–Kier alpha value is -1.30. The largest absolute Gasteiger partial charge is 0.480 e. The molecule has 1 rings (SSSR count). The number of rotatable bonds is 8. The van der Waals surface area contributed by atoms with Crippen LogP contribution in [-0.4, -0.2) is 43.4 Å². The number of carbonyl (C=O) groups excluding carboxylic acids is 1. The van der Waals surface area contributed by atoms with E-state index in [-0.39, 0.29) is 6.42 Å². The Morgan fingerprint density at radius 2 is 2.05 bits per heavy atom. The van der Waals surface area contributed by atoms with Gasteiger partial charge >= 0.3 is 12.0 Å². The fraction of sp³-hybridized carbons (Fsp3) is 0.846. The summed E-state index contributed by atoms with van der Waals surface area (Å²) in [5.74, 6) is -0.327. The molecule has 0 radical (unpaired) electrons. The van der Waals surface area contributed by atoms with Crippen molar-refractivity contribution in [2.75, 3.05) is 20.3 Å². The first-order valence-corrected chi connectivity index (χ1v) is 6.89. The van der Waals surface area contributed by atoms with Gasteiger partial charge in [-0.1, -0.05) is 25.7 Å². The quantitative estimate of drug-likeness (QED) is 0.622. The maximum absolute atomic E-state index is 11.6. The van der Waals surface area contributed by atoms with Crippen molar-refractivity contribution in [3.8, 4) is 0 Å². The highest BCUT2D eigenvalue weighted by Crippen LogP contribution is 2.26. The van der Waals surface area contributed by atoms with Gasteiger partial charge in [0.15, 0.2) is 0 Å². The number of aliphatic carboxylic acids is 1. The molecule has 0 heterocycles. The van der Waals surface area contributed by atoms with Crippen LogP contribution in [-0.2, 0) is 9.53 Å². The molecule has 1 aliphatic carbocycles. The minimum Gasteiger partial charge on any atom is -0.480 e. The summed E-state index contributed by atoms with van der Waals surface area (Å²) < 4.78 is 4.82. The first-order chi connectivity index (χ1) is 9.13. The van der Waals surface area contributed by atoms with E-state index >= 15 is 0 Å². The molecule has 0 aromatic heterocycles. The Bertz CT molecular complexity index is 290. The highest BCUT2D eigenvalue weighted by atomic mass is 16.5. The number of ether oxygens (including phenoxy) is 1. The molecule has 0 aromatic rings. The van der Waals surface area contributed by atoms with Crippen LogP contribution in [0.2, 0.25) is 0 Å². The number of carbonyl (C=O) groups is 2. The third-order valence-corrected chi connectivity index (χ3v) is 3.53. The maximum Gasteiger partial charge on any atom is 0.326 e. The van der Waals surface area contributed by atoms with E-state index in [1.807, 2.05) is 0 Å². The van der Waals surface area contributed by atoms with Crippen LogP contribution in [0.4, 0.5) is 4.79 Å². The average Bonchev–Trinajstić information content (AvgIpc) is 2.87. The van der Waals surface area contributed by atoms with Crippen molar-refractivity contribution < 1.29 is 19.4 Å². The van der Waals surface area contributed by atoms with Gasteiger partial charge in [-0.25, -0.2) is 9.59 Å². The topological polar surface area (TPSA) is 87.7 Å². The third-order valence-electron chi connectivity index (χ3n) is 3.53. The van der Waals surface area contributed by atoms with Crippen molar-refractivity contribution in [1.29, 1.82) is 0 Å². The summed E-state index contributed by atoms with van der Waals surface area (Å²) in [5.41, 5.74) is 0. The Morgan fingerprint density at radius 3 is 2.63 bits per heavy atom. The van der Waals surface area contributed by atoms with E-state index in [0.717, 1.165) is 6.42 Å². The minimum atomic E-state index is -1.04. The molecule has 1 aliphatic rings. The van der Waals surface area contributed by atoms with E-state index < -0.39 is 18.0 Å². The van der Waals surface area contributed by atoms with Gasteiger partial charge in [-0.15, -0.1) is 0 Å². The number of hydrogen-bond acceptors (Lipinski definition) is 3. The lowest BCUT2D eigenvalue weighted by Crippen LogP contribution is -2.46. The predicted octanol–water partition coefficient (Wildman–Crippen LogP) is 1.36. The molecule has 0 spiro atoms. The van der Waals surface area contributed by atoms with Crippen LogP contribution >= 0.6 is 0 Å². The molecule has 6 nitrogen and oxygen atoms in total. The fourth-order valence-corrected chi connectivity index (χ4v) is 2.39. The molecule has 0 saturated heterocycles. The fourth-order valence-electron chi connectivity index (χ4n) is 2.39. The van der Waals surface area contributed by atoms with E-state index in [1.54, 1.807) is 0 Å². The predicted molar refractivity (Wildman–Crippen MR) is 71.0 cm³/mol. The molecule has 0 aromatic carbocycles. The van der Waals surface area contributed by atoms with Gasteiger partial charge in [0.05, 0.1) is 0 Å². The van der Waals surface area contributed by atoms with Crippen LogP contribution in [0, 0.1) is 5.92 Å². The van der Waals surface area contributed by atoms with Gasteiger partial charge in [0.1, 0.15) is 6.04 Å². The van der Waals surface area contributed by atoms with Crippen molar-refractivity contribution >= 4 is 12.0 Å². The Kier molecular flexibility index (Phi) is 7.25. The van der Waals surface area contributed by atoms with Gasteiger partial charge in [0.2, 0.25) is 0 Å². The summed E-state index contributed by atoms with van der Waals surface area (Å²) >= 11 is 0. The van der Waals surface area contributed by atoms with Crippen molar-refractivity contribution in [3.05, 3.63) is 0 Å². The molecule has 110 valence electrons. The van der Waals surface area contributed by atoms with E-state index in [1.165, 1.54) is 32.8 Å². The van der Waals surface area contributed by atoms with Crippen LogP contribution in [0.25, 0.3) is 0 Å². The molecule has 1 atom stereocenters. The minimum absolute atomic E-state index is 0.266. The molecule has 1 fully saturated rings. The number of hydrogen-bond donors (Lipinski definition) is 3. The summed E-state index contributed by atoms with van der Waals surface area (Å²) in [6.07, 6.45) is 6.30. The van der Waals surface area contributed by atoms with Crippen molar-refractivity contribution in [1.82, 2.24) is 10.6 Å². The number of urea groups is 1. The molecular formula is C13H24N2O4. The van der Waals surface area contributed by atoms with E-state index in [2.05, 4.69) is 10.6 Å². The molecular weight excluding hydrogens is 248 g/mol. The van der Waals surface area contributed by atoms with Crippen LogP contribution in [0.1, 0.15) is 38.5 Å². The number of methoxy groups -OCH3 is 1. The van der Waals surface area contributed by atoms with Crippen LogP contribution in [0.15, 0.2) is 0 Å². The Balaban J connectivity index is 2.17. The lowest BCUT2D eigenvalue weighted by atomic mass is 10.0. The molecule has 6 heteroatoms. The summed E-state index contributed by atoms with van der Waals surface area (Å²) in [6, 6.07) is -1.31. The van der Waals surface area contributed by atoms with E-state index in [9.17, 15) is 9.59 Å². The molecule has 1 unspecified atom stereocenters. The number of carboxylic acid groups (broad SMARTS) is 1. The van der Waals surface area contributed by atoms with Crippen LogP contribution in [0.5, 0.6) is 0 Å². The summed E-state index contributed by atoms with van der Waals surface area (Å²) in [4.78, 5) is 22.5. The monoisotopic (exact) mass is 272 g/mol. The average molecular weight is 272 g/mol. The Labute approximate surface area is 113 Å². The van der Waals surface area contributed by atoms with E-state index in [4.69, 9.17) is 9.84 Å². The maximum atomic E-state index is 11.6. The smallest absolute Gasteiger partial charge is 0.326 e. The number of amides is 2. The second kappa shape index (κ2) is 8.74. The highest BCUT2D eigenvalue weighted by Gasteiger charge is 2.20. The van der Waals surface area contributed by atoms with Gasteiger partial charge in [-0.2, -0.15) is 0 Å². The van der Waals surface area contributed by atoms with Gasteiger partial charge in [-0.05, 0) is 12.3 Å². The first kappa shape index (κ1) is 15.8. The van der Waals surface area contributed by atoms with Crippen molar-refractivity contribution in [3.63, 3.8) is 0 Å². The Morgan fingerprint density at radius 1 is 1.37 bits per heavy atom.